The molecular weight excluding hydrogens is 216 g/mol. The second kappa shape index (κ2) is 7.82. The lowest BCUT2D eigenvalue weighted by molar-refractivity contribution is -0.136. The van der Waals surface area contributed by atoms with E-state index in [1.54, 1.807) is 6.92 Å². The molecule has 0 spiro atoms. The van der Waals surface area contributed by atoms with Gasteiger partial charge in [0, 0.05) is 23.2 Å². The van der Waals surface area contributed by atoms with Crippen molar-refractivity contribution in [2.45, 2.75) is 32.4 Å². The molecule has 4 nitrogen and oxygen atoms in total. The van der Waals surface area contributed by atoms with Crippen molar-refractivity contribution in [3.05, 3.63) is 0 Å². The first-order chi connectivity index (χ1) is 6.99. The molecule has 0 amide bonds. The van der Waals surface area contributed by atoms with E-state index < -0.39 is 22.0 Å². The van der Waals surface area contributed by atoms with Crippen LogP contribution in [0.4, 0.5) is 0 Å². The normalized spacial score (nSPS) is 15.2. The van der Waals surface area contributed by atoms with Gasteiger partial charge in [-0.05, 0) is 12.3 Å². The van der Waals surface area contributed by atoms with Crippen molar-refractivity contribution < 1.29 is 18.8 Å². The van der Waals surface area contributed by atoms with Crippen LogP contribution in [0.3, 0.4) is 0 Å². The molecule has 0 aromatic carbocycles. The lowest BCUT2D eigenvalue weighted by Gasteiger charge is -2.10. The molecule has 0 fully saturated rings. The monoisotopic (exact) mass is 236 g/mol. The summed E-state index contributed by atoms with van der Waals surface area (Å²) in [5.41, 5.74) is 0. The second-order valence-electron chi connectivity index (χ2n) is 3.79. The highest BCUT2D eigenvalue weighted by Crippen LogP contribution is 2.03. The molecule has 0 aliphatic rings. The molecule has 0 heterocycles. The minimum atomic E-state index is -1.33. The molecule has 90 valence electrons. The SMILES string of the molecule is CCC(C(=O)O)S(=O)CCOCC(C)C. The summed E-state index contributed by atoms with van der Waals surface area (Å²) in [5.74, 6) is -0.239. The van der Waals surface area contributed by atoms with Gasteiger partial charge in [-0.15, -0.1) is 0 Å². The van der Waals surface area contributed by atoms with Crippen molar-refractivity contribution in [2.24, 2.45) is 5.92 Å². The van der Waals surface area contributed by atoms with E-state index in [2.05, 4.69) is 0 Å². The lowest BCUT2D eigenvalue weighted by atomic mass is 10.2. The van der Waals surface area contributed by atoms with Crippen LogP contribution in [0, 0.1) is 5.92 Å². The van der Waals surface area contributed by atoms with Crippen molar-refractivity contribution in [2.75, 3.05) is 19.0 Å². The quantitative estimate of drug-likeness (QED) is 0.645. The fourth-order valence-corrected chi connectivity index (χ4v) is 2.24. The minimum Gasteiger partial charge on any atom is -0.480 e. The Balaban J connectivity index is 3.77. The van der Waals surface area contributed by atoms with Crippen molar-refractivity contribution >= 4 is 16.8 Å². The largest absolute Gasteiger partial charge is 0.480 e. The molecule has 0 rings (SSSR count). The maximum Gasteiger partial charge on any atom is 0.319 e. The zero-order valence-electron chi connectivity index (χ0n) is 9.56. The van der Waals surface area contributed by atoms with Crippen LogP contribution in [0.5, 0.6) is 0 Å². The topological polar surface area (TPSA) is 63.6 Å². The zero-order valence-corrected chi connectivity index (χ0v) is 10.4. The molecule has 0 aliphatic heterocycles. The van der Waals surface area contributed by atoms with Gasteiger partial charge in [-0.3, -0.25) is 9.00 Å². The lowest BCUT2D eigenvalue weighted by Crippen LogP contribution is -2.28. The third kappa shape index (κ3) is 6.62. The van der Waals surface area contributed by atoms with Gasteiger partial charge in [0.2, 0.25) is 0 Å². The molecule has 5 heteroatoms. The Morgan fingerprint density at radius 1 is 1.47 bits per heavy atom. The molecule has 2 atom stereocenters. The van der Waals surface area contributed by atoms with Gasteiger partial charge in [-0.2, -0.15) is 0 Å². The molecular formula is C10H20O4S. The summed E-state index contributed by atoms with van der Waals surface area (Å²) in [7, 11) is -1.33. The maximum atomic E-state index is 11.5. The van der Waals surface area contributed by atoms with Crippen LogP contribution in [-0.4, -0.2) is 39.5 Å². The Hall–Kier alpha value is -0.420. The summed E-state index contributed by atoms with van der Waals surface area (Å²) in [6.07, 6.45) is 0.395. The molecule has 2 unspecified atom stereocenters. The third-order valence-corrected chi connectivity index (χ3v) is 3.58. The van der Waals surface area contributed by atoms with E-state index in [1.165, 1.54) is 0 Å². The van der Waals surface area contributed by atoms with Crippen LogP contribution in [0.1, 0.15) is 27.2 Å². The molecule has 15 heavy (non-hydrogen) atoms. The number of ether oxygens (including phenoxy) is 1. The van der Waals surface area contributed by atoms with Gasteiger partial charge in [0.1, 0.15) is 5.25 Å². The average Bonchev–Trinajstić information content (AvgIpc) is 2.12. The average molecular weight is 236 g/mol. The summed E-state index contributed by atoms with van der Waals surface area (Å²) in [4.78, 5) is 10.7. The second-order valence-corrected chi connectivity index (χ2v) is 5.53. The van der Waals surface area contributed by atoms with E-state index >= 15 is 0 Å². The molecule has 0 saturated carbocycles. The number of aliphatic carboxylic acids is 1. The van der Waals surface area contributed by atoms with Gasteiger partial charge in [-0.1, -0.05) is 20.8 Å². The van der Waals surface area contributed by atoms with Crippen LogP contribution in [0.15, 0.2) is 0 Å². The van der Waals surface area contributed by atoms with Gasteiger partial charge in [-0.25, -0.2) is 0 Å². The van der Waals surface area contributed by atoms with Crippen LogP contribution in [0.2, 0.25) is 0 Å². The van der Waals surface area contributed by atoms with Gasteiger partial charge in [0.05, 0.1) is 6.61 Å². The molecule has 0 bridgehead atoms. The van der Waals surface area contributed by atoms with Gasteiger partial charge in [0.15, 0.2) is 0 Å². The summed E-state index contributed by atoms with van der Waals surface area (Å²) in [6.45, 7) is 6.79. The number of carboxylic acids is 1. The Morgan fingerprint density at radius 2 is 2.07 bits per heavy atom. The van der Waals surface area contributed by atoms with E-state index in [4.69, 9.17) is 9.84 Å². The molecule has 0 saturated heterocycles. The maximum absolute atomic E-state index is 11.5. The van der Waals surface area contributed by atoms with E-state index in [1.807, 2.05) is 13.8 Å². The van der Waals surface area contributed by atoms with Gasteiger partial charge in [0.25, 0.3) is 0 Å². The zero-order chi connectivity index (χ0) is 11.8. The number of carboxylic acid groups (broad SMARTS) is 1. The highest BCUT2D eigenvalue weighted by molar-refractivity contribution is 7.86. The molecule has 0 aromatic rings. The third-order valence-electron chi connectivity index (χ3n) is 1.84. The van der Waals surface area contributed by atoms with Crippen molar-refractivity contribution in [3.8, 4) is 0 Å². The first-order valence-corrected chi connectivity index (χ1v) is 6.55. The molecule has 1 N–H and O–H groups in total. The summed E-state index contributed by atoms with van der Waals surface area (Å²) in [5, 5.41) is 8.00. The highest BCUT2D eigenvalue weighted by atomic mass is 32.2. The molecule has 0 aliphatic carbocycles. The predicted octanol–water partition coefficient (Wildman–Crippen LogP) is 1.27. The van der Waals surface area contributed by atoms with Crippen molar-refractivity contribution in [1.82, 2.24) is 0 Å². The fourth-order valence-electron chi connectivity index (χ4n) is 1.08. The Kier molecular flexibility index (Phi) is 7.60. The van der Waals surface area contributed by atoms with E-state index in [0.717, 1.165) is 0 Å². The van der Waals surface area contributed by atoms with Crippen molar-refractivity contribution in [1.29, 1.82) is 0 Å². The highest BCUT2D eigenvalue weighted by Gasteiger charge is 2.21. The first kappa shape index (κ1) is 14.6. The predicted molar refractivity (Wildman–Crippen MR) is 60.4 cm³/mol. The smallest absolute Gasteiger partial charge is 0.319 e. The Bertz CT molecular complexity index is 215. The first-order valence-electron chi connectivity index (χ1n) is 5.16. The van der Waals surface area contributed by atoms with Crippen LogP contribution in [0.25, 0.3) is 0 Å². The van der Waals surface area contributed by atoms with Crippen molar-refractivity contribution in [3.63, 3.8) is 0 Å². The summed E-state index contributed by atoms with van der Waals surface area (Å²) in [6, 6.07) is 0. The van der Waals surface area contributed by atoms with Crippen LogP contribution < -0.4 is 0 Å². The van der Waals surface area contributed by atoms with Gasteiger partial charge >= 0.3 is 5.97 Å². The van der Waals surface area contributed by atoms with Gasteiger partial charge < -0.3 is 9.84 Å². The van der Waals surface area contributed by atoms with E-state index in [9.17, 15) is 9.00 Å². The number of hydrogen-bond acceptors (Lipinski definition) is 3. The van der Waals surface area contributed by atoms with Crippen LogP contribution >= 0.6 is 0 Å². The Labute approximate surface area is 93.5 Å². The standard InChI is InChI=1S/C10H20O4S/c1-4-9(10(11)12)15(13)6-5-14-7-8(2)3/h8-9H,4-7H2,1-3H3,(H,11,12). The van der Waals surface area contributed by atoms with E-state index in [0.29, 0.717) is 31.3 Å². The summed E-state index contributed by atoms with van der Waals surface area (Å²) < 4.78 is 16.8. The molecule has 0 radical (unpaired) electrons. The summed E-state index contributed by atoms with van der Waals surface area (Å²) >= 11 is 0. The Morgan fingerprint density at radius 3 is 2.47 bits per heavy atom. The number of rotatable bonds is 8. The fraction of sp³-hybridized carbons (Fsp3) is 0.900. The number of carbonyl (C=O) groups is 1. The van der Waals surface area contributed by atoms with Crippen LogP contribution in [-0.2, 0) is 20.3 Å². The molecule has 0 aromatic heterocycles. The van der Waals surface area contributed by atoms with E-state index in [-0.39, 0.29) is 0 Å². The minimum absolute atomic E-state index is 0.303. The number of hydrogen-bond donors (Lipinski definition) is 1.